The van der Waals surface area contributed by atoms with E-state index in [4.69, 9.17) is 21.1 Å². The molecule has 1 unspecified atom stereocenters. The summed E-state index contributed by atoms with van der Waals surface area (Å²) >= 11 is 6.36. The van der Waals surface area contributed by atoms with E-state index in [1.165, 1.54) is 0 Å². The summed E-state index contributed by atoms with van der Waals surface area (Å²) in [5, 5.41) is 3.86. The van der Waals surface area contributed by atoms with Crippen molar-refractivity contribution < 1.29 is 9.47 Å². The van der Waals surface area contributed by atoms with Gasteiger partial charge in [-0.3, -0.25) is 4.98 Å². The van der Waals surface area contributed by atoms with Crippen LogP contribution < -0.4 is 14.8 Å². The molecule has 4 nitrogen and oxygen atoms in total. The standard InChI is InChI=1S/C15H17ClN2O2/c1-17-15(10-5-4-6-18-9-10)11-7-13(19-2)14(20-3)8-12(11)16/h4-9,15,17H,1-3H3. The molecule has 0 aliphatic rings. The summed E-state index contributed by atoms with van der Waals surface area (Å²) in [7, 11) is 5.07. The van der Waals surface area contributed by atoms with Gasteiger partial charge < -0.3 is 14.8 Å². The van der Waals surface area contributed by atoms with Gasteiger partial charge in [0, 0.05) is 23.5 Å². The molecule has 1 heterocycles. The quantitative estimate of drug-likeness (QED) is 0.920. The van der Waals surface area contributed by atoms with Crippen molar-refractivity contribution in [2.75, 3.05) is 21.3 Å². The third-order valence-electron chi connectivity index (χ3n) is 3.12. The lowest BCUT2D eigenvalue weighted by Gasteiger charge is -2.20. The van der Waals surface area contributed by atoms with E-state index in [0.29, 0.717) is 16.5 Å². The van der Waals surface area contributed by atoms with E-state index >= 15 is 0 Å². The van der Waals surface area contributed by atoms with Gasteiger partial charge in [-0.1, -0.05) is 17.7 Å². The van der Waals surface area contributed by atoms with Crippen molar-refractivity contribution in [3.63, 3.8) is 0 Å². The minimum atomic E-state index is -0.0593. The van der Waals surface area contributed by atoms with Gasteiger partial charge in [-0.05, 0) is 30.3 Å². The molecule has 1 aromatic carbocycles. The van der Waals surface area contributed by atoms with Crippen molar-refractivity contribution in [1.29, 1.82) is 0 Å². The molecule has 0 radical (unpaired) electrons. The summed E-state index contributed by atoms with van der Waals surface area (Å²) in [5.74, 6) is 1.26. The normalized spacial score (nSPS) is 12.0. The second-order valence-corrected chi connectivity index (χ2v) is 4.64. The SMILES string of the molecule is CNC(c1cccnc1)c1cc(OC)c(OC)cc1Cl. The molecule has 2 aromatic rings. The van der Waals surface area contributed by atoms with Gasteiger partial charge >= 0.3 is 0 Å². The molecular weight excluding hydrogens is 276 g/mol. The summed E-state index contributed by atoms with van der Waals surface area (Å²) in [5.41, 5.74) is 1.95. The molecule has 0 aliphatic heterocycles. The smallest absolute Gasteiger partial charge is 0.162 e. The fraction of sp³-hybridized carbons (Fsp3) is 0.267. The minimum absolute atomic E-state index is 0.0593. The van der Waals surface area contributed by atoms with E-state index < -0.39 is 0 Å². The van der Waals surface area contributed by atoms with Gasteiger partial charge in [0.25, 0.3) is 0 Å². The maximum atomic E-state index is 6.36. The van der Waals surface area contributed by atoms with Crippen LogP contribution in [0.3, 0.4) is 0 Å². The Morgan fingerprint density at radius 3 is 2.45 bits per heavy atom. The number of hydrogen-bond donors (Lipinski definition) is 1. The Kier molecular flexibility index (Phi) is 4.82. The first-order valence-electron chi connectivity index (χ1n) is 6.19. The van der Waals surface area contributed by atoms with Crippen LogP contribution in [0.1, 0.15) is 17.2 Å². The highest BCUT2D eigenvalue weighted by Crippen LogP contribution is 2.37. The fourth-order valence-electron chi connectivity index (χ4n) is 2.14. The zero-order valence-corrected chi connectivity index (χ0v) is 12.4. The second-order valence-electron chi connectivity index (χ2n) is 4.24. The van der Waals surface area contributed by atoms with Crippen LogP contribution in [0.5, 0.6) is 11.5 Å². The number of halogens is 1. The average Bonchev–Trinajstić information content (AvgIpc) is 2.50. The maximum Gasteiger partial charge on any atom is 0.162 e. The molecule has 0 bridgehead atoms. The maximum absolute atomic E-state index is 6.36. The largest absolute Gasteiger partial charge is 0.493 e. The molecule has 20 heavy (non-hydrogen) atoms. The zero-order chi connectivity index (χ0) is 14.5. The fourth-order valence-corrected chi connectivity index (χ4v) is 2.40. The number of methoxy groups -OCH3 is 2. The highest BCUT2D eigenvalue weighted by atomic mass is 35.5. The first-order valence-corrected chi connectivity index (χ1v) is 6.57. The predicted octanol–water partition coefficient (Wildman–Crippen LogP) is 3.06. The summed E-state index contributed by atoms with van der Waals surface area (Å²) in [6, 6.07) is 7.48. The molecule has 1 N–H and O–H groups in total. The number of benzene rings is 1. The van der Waals surface area contributed by atoms with Crippen molar-refractivity contribution in [2.24, 2.45) is 0 Å². The van der Waals surface area contributed by atoms with E-state index in [1.807, 2.05) is 31.4 Å². The molecular formula is C15H17ClN2O2. The van der Waals surface area contributed by atoms with E-state index in [2.05, 4.69) is 10.3 Å². The van der Waals surface area contributed by atoms with Gasteiger partial charge in [0.1, 0.15) is 0 Å². The minimum Gasteiger partial charge on any atom is -0.493 e. The number of nitrogens with zero attached hydrogens (tertiary/aromatic N) is 1. The molecule has 2 rings (SSSR count). The van der Waals surface area contributed by atoms with Crippen LogP contribution in [-0.4, -0.2) is 26.3 Å². The van der Waals surface area contributed by atoms with Crippen LogP contribution in [0.4, 0.5) is 0 Å². The van der Waals surface area contributed by atoms with Crippen LogP contribution in [0.15, 0.2) is 36.7 Å². The molecule has 0 spiro atoms. The van der Waals surface area contributed by atoms with Crippen LogP contribution in [0.25, 0.3) is 0 Å². The van der Waals surface area contributed by atoms with Gasteiger partial charge in [0.05, 0.1) is 20.3 Å². The number of ether oxygens (including phenoxy) is 2. The van der Waals surface area contributed by atoms with Crippen molar-refractivity contribution in [3.8, 4) is 11.5 Å². The lowest BCUT2D eigenvalue weighted by atomic mass is 10.00. The number of aromatic nitrogens is 1. The molecule has 0 fully saturated rings. The topological polar surface area (TPSA) is 43.4 Å². The van der Waals surface area contributed by atoms with Crippen LogP contribution in [0.2, 0.25) is 5.02 Å². The Bertz CT molecular complexity index is 576. The second kappa shape index (κ2) is 6.59. The zero-order valence-electron chi connectivity index (χ0n) is 11.7. The van der Waals surface area contributed by atoms with Gasteiger partial charge in [0.15, 0.2) is 11.5 Å². The Labute approximate surface area is 123 Å². The Hall–Kier alpha value is -1.78. The molecule has 1 atom stereocenters. The Morgan fingerprint density at radius 1 is 1.20 bits per heavy atom. The highest BCUT2D eigenvalue weighted by Gasteiger charge is 2.18. The van der Waals surface area contributed by atoms with Crippen LogP contribution in [0, 0.1) is 0 Å². The first-order chi connectivity index (χ1) is 9.71. The Morgan fingerprint density at radius 2 is 1.90 bits per heavy atom. The average molecular weight is 293 g/mol. The summed E-state index contributed by atoms with van der Waals surface area (Å²) in [4.78, 5) is 4.15. The monoisotopic (exact) mass is 292 g/mol. The van der Waals surface area contributed by atoms with Gasteiger partial charge in [-0.2, -0.15) is 0 Å². The summed E-state index contributed by atoms with van der Waals surface area (Å²) in [6.07, 6.45) is 3.56. The van der Waals surface area contributed by atoms with Crippen molar-refractivity contribution in [2.45, 2.75) is 6.04 Å². The third kappa shape index (κ3) is 2.86. The highest BCUT2D eigenvalue weighted by molar-refractivity contribution is 6.31. The predicted molar refractivity (Wildman–Crippen MR) is 79.7 cm³/mol. The van der Waals surface area contributed by atoms with Gasteiger partial charge in [-0.25, -0.2) is 0 Å². The lowest BCUT2D eigenvalue weighted by molar-refractivity contribution is 0.354. The van der Waals surface area contributed by atoms with E-state index in [9.17, 15) is 0 Å². The molecule has 5 heteroatoms. The molecule has 106 valence electrons. The van der Waals surface area contributed by atoms with Gasteiger partial charge in [0.2, 0.25) is 0 Å². The molecule has 1 aromatic heterocycles. The van der Waals surface area contributed by atoms with E-state index in [0.717, 1.165) is 11.1 Å². The summed E-state index contributed by atoms with van der Waals surface area (Å²) < 4.78 is 10.6. The number of pyridine rings is 1. The van der Waals surface area contributed by atoms with Crippen molar-refractivity contribution in [3.05, 3.63) is 52.8 Å². The van der Waals surface area contributed by atoms with Gasteiger partial charge in [-0.15, -0.1) is 0 Å². The number of rotatable bonds is 5. The molecule has 0 aliphatic carbocycles. The van der Waals surface area contributed by atoms with E-state index in [1.54, 1.807) is 26.5 Å². The van der Waals surface area contributed by atoms with Crippen molar-refractivity contribution in [1.82, 2.24) is 10.3 Å². The number of hydrogen-bond acceptors (Lipinski definition) is 4. The molecule has 0 saturated heterocycles. The Balaban J connectivity index is 2.50. The molecule has 0 saturated carbocycles. The summed E-state index contributed by atoms with van der Waals surface area (Å²) in [6.45, 7) is 0. The molecule has 0 amide bonds. The van der Waals surface area contributed by atoms with E-state index in [-0.39, 0.29) is 6.04 Å². The van der Waals surface area contributed by atoms with Crippen LogP contribution in [-0.2, 0) is 0 Å². The lowest BCUT2D eigenvalue weighted by Crippen LogP contribution is -2.18. The number of nitrogens with one attached hydrogen (secondary N) is 1. The first kappa shape index (κ1) is 14.6. The third-order valence-corrected chi connectivity index (χ3v) is 3.45. The van der Waals surface area contributed by atoms with Crippen molar-refractivity contribution >= 4 is 11.6 Å². The van der Waals surface area contributed by atoms with Crippen LogP contribution >= 0.6 is 11.6 Å².